The summed E-state index contributed by atoms with van der Waals surface area (Å²) in [4.78, 5) is 0. The van der Waals surface area contributed by atoms with Gasteiger partial charge in [0.05, 0.1) is 0 Å². The summed E-state index contributed by atoms with van der Waals surface area (Å²) in [6, 6.07) is 1.57. The number of nitrogens with one attached hydrogen (secondary N) is 1. The molecule has 0 aromatic rings. The largest absolute Gasteiger partial charge is 0.310 e. The van der Waals surface area contributed by atoms with Gasteiger partial charge in [-0.1, -0.05) is 46.5 Å². The Balaban J connectivity index is 1.91. The van der Waals surface area contributed by atoms with Gasteiger partial charge in [-0.25, -0.2) is 0 Å². The average Bonchev–Trinajstić information content (AvgIpc) is 2.40. The van der Waals surface area contributed by atoms with Crippen LogP contribution in [0.15, 0.2) is 0 Å². The minimum Gasteiger partial charge on any atom is -0.310 e. The average molecular weight is 251 g/mol. The summed E-state index contributed by atoms with van der Waals surface area (Å²) in [5.41, 5.74) is 0. The molecule has 106 valence electrons. The van der Waals surface area contributed by atoms with Gasteiger partial charge in [-0.2, -0.15) is 0 Å². The maximum atomic E-state index is 4.07. The standard InChI is InChI=1S/C17H33N/c1-4-16(15-11-6-5-7-12-15)18-17-13(2)9-8-10-14(17)3/h13-18H,4-12H2,1-3H3. The highest BCUT2D eigenvalue weighted by Crippen LogP contribution is 2.32. The number of hydrogen-bond donors (Lipinski definition) is 1. The molecule has 3 unspecified atom stereocenters. The summed E-state index contributed by atoms with van der Waals surface area (Å²) in [7, 11) is 0. The van der Waals surface area contributed by atoms with E-state index in [0.29, 0.717) is 0 Å². The van der Waals surface area contributed by atoms with Gasteiger partial charge in [0, 0.05) is 12.1 Å². The molecule has 3 atom stereocenters. The molecule has 0 aromatic heterocycles. The topological polar surface area (TPSA) is 12.0 Å². The van der Waals surface area contributed by atoms with Crippen LogP contribution in [0.4, 0.5) is 0 Å². The molecular formula is C17H33N. The van der Waals surface area contributed by atoms with Crippen LogP contribution in [0.5, 0.6) is 0 Å². The predicted octanol–water partition coefficient (Wildman–Crippen LogP) is 4.76. The van der Waals surface area contributed by atoms with Crippen LogP contribution in [0.3, 0.4) is 0 Å². The van der Waals surface area contributed by atoms with Crippen molar-refractivity contribution in [1.29, 1.82) is 0 Å². The van der Waals surface area contributed by atoms with E-state index in [1.54, 1.807) is 0 Å². The maximum absolute atomic E-state index is 4.07. The van der Waals surface area contributed by atoms with E-state index < -0.39 is 0 Å². The molecule has 1 heteroatoms. The van der Waals surface area contributed by atoms with Crippen LogP contribution >= 0.6 is 0 Å². The van der Waals surface area contributed by atoms with Gasteiger partial charge in [-0.05, 0) is 49.9 Å². The van der Waals surface area contributed by atoms with Crippen LogP contribution in [0, 0.1) is 17.8 Å². The summed E-state index contributed by atoms with van der Waals surface area (Å²) < 4.78 is 0. The molecule has 0 bridgehead atoms. The predicted molar refractivity (Wildman–Crippen MR) is 79.8 cm³/mol. The van der Waals surface area contributed by atoms with Crippen molar-refractivity contribution in [2.24, 2.45) is 17.8 Å². The lowest BCUT2D eigenvalue weighted by molar-refractivity contribution is 0.158. The van der Waals surface area contributed by atoms with Gasteiger partial charge >= 0.3 is 0 Å². The van der Waals surface area contributed by atoms with E-state index in [2.05, 4.69) is 26.1 Å². The fourth-order valence-electron chi connectivity index (χ4n) is 4.38. The van der Waals surface area contributed by atoms with Crippen molar-refractivity contribution in [3.05, 3.63) is 0 Å². The number of rotatable bonds is 4. The molecule has 2 saturated carbocycles. The molecule has 2 rings (SSSR count). The third-order valence-corrected chi connectivity index (χ3v) is 5.61. The van der Waals surface area contributed by atoms with Gasteiger partial charge in [0.15, 0.2) is 0 Å². The smallest absolute Gasteiger partial charge is 0.0121 e. The Kier molecular flexibility index (Phi) is 5.54. The zero-order valence-corrected chi connectivity index (χ0v) is 12.8. The Morgan fingerprint density at radius 3 is 2.06 bits per heavy atom. The Labute approximate surface area is 114 Å². The third kappa shape index (κ3) is 3.50. The van der Waals surface area contributed by atoms with Crippen LogP contribution in [0.25, 0.3) is 0 Å². The van der Waals surface area contributed by atoms with Crippen molar-refractivity contribution in [2.45, 2.75) is 90.6 Å². The molecule has 0 aliphatic heterocycles. The normalized spacial score (nSPS) is 36.5. The highest BCUT2D eigenvalue weighted by Gasteiger charge is 2.31. The van der Waals surface area contributed by atoms with E-state index in [4.69, 9.17) is 0 Å². The molecule has 0 radical (unpaired) electrons. The lowest BCUT2D eigenvalue weighted by atomic mass is 9.76. The molecule has 2 aliphatic carbocycles. The Bertz CT molecular complexity index is 222. The zero-order chi connectivity index (χ0) is 13.0. The van der Waals surface area contributed by atoms with E-state index in [1.807, 2.05) is 0 Å². The van der Waals surface area contributed by atoms with Gasteiger partial charge in [0.1, 0.15) is 0 Å². The van der Waals surface area contributed by atoms with E-state index >= 15 is 0 Å². The van der Waals surface area contributed by atoms with Crippen molar-refractivity contribution in [1.82, 2.24) is 5.32 Å². The fraction of sp³-hybridized carbons (Fsp3) is 1.00. The molecule has 0 amide bonds. The van der Waals surface area contributed by atoms with Crippen LogP contribution in [-0.2, 0) is 0 Å². The summed E-state index contributed by atoms with van der Waals surface area (Å²) in [6.45, 7) is 7.30. The Hall–Kier alpha value is -0.0400. The summed E-state index contributed by atoms with van der Waals surface area (Å²) in [6.07, 6.45) is 13.0. The van der Waals surface area contributed by atoms with E-state index in [0.717, 1.165) is 29.8 Å². The molecular weight excluding hydrogens is 218 g/mol. The summed E-state index contributed by atoms with van der Waals surface area (Å²) >= 11 is 0. The quantitative estimate of drug-likeness (QED) is 0.759. The van der Waals surface area contributed by atoms with Gasteiger partial charge < -0.3 is 5.32 Å². The maximum Gasteiger partial charge on any atom is 0.0121 e. The van der Waals surface area contributed by atoms with Crippen LogP contribution < -0.4 is 5.32 Å². The minimum atomic E-state index is 0.783. The molecule has 0 saturated heterocycles. The first-order chi connectivity index (χ1) is 8.72. The zero-order valence-electron chi connectivity index (χ0n) is 12.8. The Morgan fingerprint density at radius 1 is 0.889 bits per heavy atom. The Morgan fingerprint density at radius 2 is 1.50 bits per heavy atom. The lowest BCUT2D eigenvalue weighted by Gasteiger charge is -2.40. The molecule has 18 heavy (non-hydrogen) atoms. The first-order valence-corrected chi connectivity index (χ1v) is 8.48. The van der Waals surface area contributed by atoms with E-state index in [1.165, 1.54) is 57.8 Å². The highest BCUT2D eigenvalue weighted by molar-refractivity contribution is 4.88. The third-order valence-electron chi connectivity index (χ3n) is 5.61. The van der Waals surface area contributed by atoms with Gasteiger partial charge in [-0.3, -0.25) is 0 Å². The first kappa shape index (κ1) is 14.4. The monoisotopic (exact) mass is 251 g/mol. The fourth-order valence-corrected chi connectivity index (χ4v) is 4.38. The van der Waals surface area contributed by atoms with Crippen LogP contribution in [-0.4, -0.2) is 12.1 Å². The molecule has 1 nitrogen and oxygen atoms in total. The van der Waals surface area contributed by atoms with Crippen LogP contribution in [0.2, 0.25) is 0 Å². The number of hydrogen-bond acceptors (Lipinski definition) is 1. The van der Waals surface area contributed by atoms with Crippen molar-refractivity contribution < 1.29 is 0 Å². The van der Waals surface area contributed by atoms with Crippen molar-refractivity contribution in [2.75, 3.05) is 0 Å². The van der Waals surface area contributed by atoms with Gasteiger partial charge in [0.2, 0.25) is 0 Å². The lowest BCUT2D eigenvalue weighted by Crippen LogP contribution is -2.50. The van der Waals surface area contributed by atoms with Crippen molar-refractivity contribution in [3.63, 3.8) is 0 Å². The van der Waals surface area contributed by atoms with Crippen molar-refractivity contribution in [3.8, 4) is 0 Å². The molecule has 0 heterocycles. The first-order valence-electron chi connectivity index (χ1n) is 8.48. The molecule has 0 aromatic carbocycles. The second kappa shape index (κ2) is 6.93. The SMILES string of the molecule is CCC(NC1C(C)CCCC1C)C1CCCCC1. The molecule has 2 fully saturated rings. The second-order valence-corrected chi connectivity index (χ2v) is 6.99. The second-order valence-electron chi connectivity index (χ2n) is 6.99. The molecule has 1 N–H and O–H groups in total. The van der Waals surface area contributed by atoms with E-state index in [9.17, 15) is 0 Å². The minimum absolute atomic E-state index is 0.783. The van der Waals surface area contributed by atoms with Gasteiger partial charge in [-0.15, -0.1) is 0 Å². The van der Waals surface area contributed by atoms with Crippen molar-refractivity contribution >= 4 is 0 Å². The molecule has 2 aliphatic rings. The summed E-state index contributed by atoms with van der Waals surface area (Å²) in [5, 5.41) is 4.07. The molecule has 0 spiro atoms. The summed E-state index contributed by atoms with van der Waals surface area (Å²) in [5.74, 6) is 2.72. The van der Waals surface area contributed by atoms with E-state index in [-0.39, 0.29) is 0 Å². The van der Waals surface area contributed by atoms with Gasteiger partial charge in [0.25, 0.3) is 0 Å². The van der Waals surface area contributed by atoms with Crippen LogP contribution in [0.1, 0.15) is 78.6 Å². The highest BCUT2D eigenvalue weighted by atomic mass is 15.0.